The van der Waals surface area contributed by atoms with Gasteiger partial charge in [-0.05, 0) is 24.1 Å². The van der Waals surface area contributed by atoms with Gasteiger partial charge in [-0.25, -0.2) is 0 Å². The van der Waals surface area contributed by atoms with Gasteiger partial charge in [-0.3, -0.25) is 14.4 Å². The number of carbonyl (C=O) groups is 3. The van der Waals surface area contributed by atoms with E-state index < -0.39 is 0 Å². The minimum absolute atomic E-state index is 0.00457. The third-order valence-electron chi connectivity index (χ3n) is 5.72. The second kappa shape index (κ2) is 8.47. The van der Waals surface area contributed by atoms with Gasteiger partial charge < -0.3 is 14.7 Å². The van der Waals surface area contributed by atoms with Gasteiger partial charge >= 0.3 is 0 Å². The lowest BCUT2D eigenvalue weighted by Gasteiger charge is -2.32. The molecular weight excluding hydrogens is 366 g/mol. The van der Waals surface area contributed by atoms with Crippen LogP contribution >= 0.6 is 0 Å². The molecule has 2 fully saturated rings. The summed E-state index contributed by atoms with van der Waals surface area (Å²) in [5.41, 5.74) is 1.90. The van der Waals surface area contributed by atoms with Gasteiger partial charge in [0.05, 0.1) is 18.4 Å². The zero-order valence-electron chi connectivity index (χ0n) is 16.3. The van der Waals surface area contributed by atoms with E-state index in [1.54, 1.807) is 14.7 Å². The molecule has 4 rings (SSSR count). The minimum atomic E-state index is -0.268. The van der Waals surface area contributed by atoms with Crippen LogP contribution in [0.15, 0.2) is 60.7 Å². The molecule has 1 saturated heterocycles. The largest absolute Gasteiger partial charge is 0.342 e. The number of anilines is 1. The minimum Gasteiger partial charge on any atom is -0.342 e. The van der Waals surface area contributed by atoms with Crippen molar-refractivity contribution in [1.82, 2.24) is 9.80 Å². The molecule has 6 nitrogen and oxygen atoms in total. The number of piperazine rings is 1. The normalized spacial score (nSPS) is 20.8. The maximum Gasteiger partial charge on any atom is 0.231 e. The van der Waals surface area contributed by atoms with Gasteiger partial charge in [-0.15, -0.1) is 0 Å². The fourth-order valence-electron chi connectivity index (χ4n) is 3.89. The van der Waals surface area contributed by atoms with E-state index in [0.29, 0.717) is 39.1 Å². The standard InChI is InChI=1S/C23H25N3O3/c27-17-24-11-13-25(14-12-24)22(28)20-15-21(20)23(29)26(19-9-5-2-6-10-19)16-18-7-3-1-4-8-18/h1-10,17,20-21H,11-16H2. The van der Waals surface area contributed by atoms with E-state index in [2.05, 4.69) is 0 Å². The molecule has 150 valence electrons. The monoisotopic (exact) mass is 391 g/mol. The highest BCUT2D eigenvalue weighted by molar-refractivity contribution is 6.01. The molecule has 0 aromatic heterocycles. The van der Waals surface area contributed by atoms with Crippen LogP contribution in [0.1, 0.15) is 12.0 Å². The second-order valence-corrected chi connectivity index (χ2v) is 7.66. The van der Waals surface area contributed by atoms with Gasteiger partial charge in [0.2, 0.25) is 18.2 Å². The van der Waals surface area contributed by atoms with Crippen molar-refractivity contribution < 1.29 is 14.4 Å². The summed E-state index contributed by atoms with van der Waals surface area (Å²) >= 11 is 0. The van der Waals surface area contributed by atoms with Crippen molar-refractivity contribution in [1.29, 1.82) is 0 Å². The molecule has 29 heavy (non-hydrogen) atoms. The highest BCUT2D eigenvalue weighted by Crippen LogP contribution is 2.42. The van der Waals surface area contributed by atoms with Gasteiger partial charge in [0.15, 0.2) is 0 Å². The molecular formula is C23H25N3O3. The fraction of sp³-hybridized carbons (Fsp3) is 0.348. The molecule has 3 amide bonds. The fourth-order valence-corrected chi connectivity index (χ4v) is 3.89. The zero-order chi connectivity index (χ0) is 20.2. The number of para-hydroxylation sites is 1. The predicted octanol–water partition coefficient (Wildman–Crippen LogP) is 2.16. The first-order chi connectivity index (χ1) is 14.2. The van der Waals surface area contributed by atoms with Gasteiger partial charge in [-0.1, -0.05) is 48.5 Å². The first kappa shape index (κ1) is 19.2. The van der Waals surface area contributed by atoms with Crippen molar-refractivity contribution in [2.45, 2.75) is 13.0 Å². The Bertz CT molecular complexity index is 863. The summed E-state index contributed by atoms with van der Waals surface area (Å²) in [6.07, 6.45) is 1.43. The maximum atomic E-state index is 13.3. The number of nitrogens with zero attached hydrogens (tertiary/aromatic N) is 3. The Morgan fingerprint density at radius 1 is 0.897 bits per heavy atom. The van der Waals surface area contributed by atoms with Crippen LogP contribution in [0.3, 0.4) is 0 Å². The first-order valence-electron chi connectivity index (χ1n) is 10.1. The smallest absolute Gasteiger partial charge is 0.231 e. The summed E-state index contributed by atoms with van der Waals surface area (Å²) < 4.78 is 0. The molecule has 1 saturated carbocycles. The highest BCUT2D eigenvalue weighted by Gasteiger charge is 2.51. The molecule has 2 unspecified atom stereocenters. The number of rotatable bonds is 6. The van der Waals surface area contributed by atoms with Crippen LogP contribution in [-0.2, 0) is 20.9 Å². The predicted molar refractivity (Wildman–Crippen MR) is 110 cm³/mol. The van der Waals surface area contributed by atoms with Crippen LogP contribution in [0.4, 0.5) is 5.69 Å². The second-order valence-electron chi connectivity index (χ2n) is 7.66. The van der Waals surface area contributed by atoms with Crippen LogP contribution in [0.5, 0.6) is 0 Å². The molecule has 0 radical (unpaired) electrons. The van der Waals surface area contributed by atoms with Crippen molar-refractivity contribution in [3.63, 3.8) is 0 Å². The summed E-state index contributed by atoms with van der Waals surface area (Å²) in [4.78, 5) is 42.3. The number of hydrogen-bond donors (Lipinski definition) is 0. The topological polar surface area (TPSA) is 60.9 Å². The van der Waals surface area contributed by atoms with Crippen LogP contribution in [0.2, 0.25) is 0 Å². The molecule has 2 aliphatic rings. The van der Waals surface area contributed by atoms with Crippen molar-refractivity contribution in [2.75, 3.05) is 31.1 Å². The Hall–Kier alpha value is -3.15. The average molecular weight is 391 g/mol. The maximum absolute atomic E-state index is 13.3. The third-order valence-corrected chi connectivity index (χ3v) is 5.72. The lowest BCUT2D eigenvalue weighted by molar-refractivity contribution is -0.137. The Morgan fingerprint density at radius 3 is 2.14 bits per heavy atom. The Labute approximate surface area is 170 Å². The molecule has 1 heterocycles. The van der Waals surface area contributed by atoms with Crippen molar-refractivity contribution >= 4 is 23.9 Å². The van der Waals surface area contributed by atoms with Crippen LogP contribution in [-0.4, -0.2) is 54.2 Å². The van der Waals surface area contributed by atoms with Crippen molar-refractivity contribution in [3.8, 4) is 0 Å². The molecule has 1 aliphatic heterocycles. The van der Waals surface area contributed by atoms with E-state index in [-0.39, 0.29) is 23.7 Å². The van der Waals surface area contributed by atoms with E-state index in [9.17, 15) is 14.4 Å². The SMILES string of the molecule is O=CN1CCN(C(=O)C2CC2C(=O)N(Cc2ccccc2)c2ccccc2)CC1. The summed E-state index contributed by atoms with van der Waals surface area (Å²) in [5.74, 6) is -0.464. The van der Waals surface area contributed by atoms with Gasteiger partial charge in [0, 0.05) is 31.9 Å². The van der Waals surface area contributed by atoms with E-state index in [0.717, 1.165) is 17.7 Å². The highest BCUT2D eigenvalue weighted by atomic mass is 16.2. The third kappa shape index (κ3) is 4.31. The van der Waals surface area contributed by atoms with Gasteiger partial charge in [0.1, 0.15) is 0 Å². The number of hydrogen-bond acceptors (Lipinski definition) is 3. The van der Waals surface area contributed by atoms with Crippen molar-refractivity contribution in [2.24, 2.45) is 11.8 Å². The summed E-state index contributed by atoms with van der Waals surface area (Å²) in [6, 6.07) is 19.5. The van der Waals surface area contributed by atoms with E-state index in [1.165, 1.54) is 0 Å². The molecule has 6 heteroatoms. The molecule has 2 atom stereocenters. The zero-order valence-corrected chi connectivity index (χ0v) is 16.3. The van der Waals surface area contributed by atoms with E-state index in [1.807, 2.05) is 60.7 Å². The summed E-state index contributed by atoms with van der Waals surface area (Å²) in [7, 11) is 0. The van der Waals surface area contributed by atoms with E-state index >= 15 is 0 Å². The molecule has 0 N–H and O–H groups in total. The lowest BCUT2D eigenvalue weighted by atomic mass is 10.1. The van der Waals surface area contributed by atoms with Gasteiger partial charge in [0.25, 0.3) is 0 Å². The number of carbonyl (C=O) groups excluding carboxylic acids is 3. The van der Waals surface area contributed by atoms with E-state index in [4.69, 9.17) is 0 Å². The lowest BCUT2D eigenvalue weighted by Crippen LogP contribution is -2.49. The first-order valence-corrected chi connectivity index (χ1v) is 10.1. The molecule has 0 spiro atoms. The Morgan fingerprint density at radius 2 is 1.52 bits per heavy atom. The quantitative estimate of drug-likeness (QED) is 0.709. The van der Waals surface area contributed by atoms with Gasteiger partial charge in [-0.2, -0.15) is 0 Å². The number of benzene rings is 2. The summed E-state index contributed by atoms with van der Waals surface area (Å²) in [6.45, 7) is 2.69. The van der Waals surface area contributed by atoms with Crippen molar-refractivity contribution in [3.05, 3.63) is 66.2 Å². The Balaban J connectivity index is 1.45. The average Bonchev–Trinajstić information content (AvgIpc) is 3.59. The van der Waals surface area contributed by atoms with Crippen LogP contribution < -0.4 is 4.90 Å². The Kier molecular flexibility index (Phi) is 5.60. The molecule has 1 aliphatic carbocycles. The molecule has 0 bridgehead atoms. The van der Waals surface area contributed by atoms with Crippen LogP contribution in [0.25, 0.3) is 0 Å². The molecule has 2 aromatic carbocycles. The molecule has 2 aromatic rings. The summed E-state index contributed by atoms with van der Waals surface area (Å²) in [5, 5.41) is 0. The van der Waals surface area contributed by atoms with Crippen LogP contribution in [0, 0.1) is 11.8 Å². The number of amides is 3.